The number of anilines is 1. The molecule has 1 saturated heterocycles. The van der Waals surface area contributed by atoms with Crippen molar-refractivity contribution in [2.24, 2.45) is 0 Å². The van der Waals surface area contributed by atoms with Crippen molar-refractivity contribution in [3.8, 4) is 0 Å². The van der Waals surface area contributed by atoms with E-state index in [1.165, 1.54) is 0 Å². The summed E-state index contributed by atoms with van der Waals surface area (Å²) >= 11 is 0. The third-order valence-corrected chi connectivity index (χ3v) is 4.07. The fraction of sp³-hybridized carbons (Fsp3) is 0.471. The first kappa shape index (κ1) is 17.0. The molecular weight excluding hydrogens is 296 g/mol. The van der Waals surface area contributed by atoms with Crippen LogP contribution in [0.25, 0.3) is 0 Å². The highest BCUT2D eigenvalue weighted by Gasteiger charge is 2.19. The number of benzene rings is 1. The molecule has 0 spiro atoms. The Hall–Kier alpha value is -2.37. The van der Waals surface area contributed by atoms with Crippen LogP contribution in [0.3, 0.4) is 0 Å². The van der Waals surface area contributed by atoms with E-state index >= 15 is 0 Å². The fourth-order valence-corrected chi connectivity index (χ4v) is 2.58. The van der Waals surface area contributed by atoms with Gasteiger partial charge in [-0.3, -0.25) is 14.4 Å². The fourth-order valence-electron chi connectivity index (χ4n) is 2.58. The number of rotatable bonds is 5. The molecule has 124 valence electrons. The van der Waals surface area contributed by atoms with Crippen LogP contribution in [0, 0.1) is 0 Å². The van der Waals surface area contributed by atoms with E-state index in [2.05, 4.69) is 5.32 Å². The van der Waals surface area contributed by atoms with Crippen molar-refractivity contribution in [2.75, 3.05) is 18.4 Å². The molecule has 0 radical (unpaired) electrons. The maximum absolute atomic E-state index is 12.1. The summed E-state index contributed by atoms with van der Waals surface area (Å²) in [5.41, 5.74) is 1.27. The van der Waals surface area contributed by atoms with Crippen molar-refractivity contribution in [3.63, 3.8) is 0 Å². The number of hydrogen-bond donors (Lipinski definition) is 2. The predicted molar refractivity (Wildman–Crippen MR) is 86.2 cm³/mol. The number of carboxylic acids is 1. The molecule has 1 aliphatic rings. The van der Waals surface area contributed by atoms with Crippen LogP contribution in [0.4, 0.5) is 5.69 Å². The molecule has 0 bridgehead atoms. The molecule has 6 nitrogen and oxygen atoms in total. The van der Waals surface area contributed by atoms with Gasteiger partial charge in [0.15, 0.2) is 0 Å². The van der Waals surface area contributed by atoms with Gasteiger partial charge in [-0.1, -0.05) is 18.6 Å². The minimum atomic E-state index is -0.888. The lowest BCUT2D eigenvalue weighted by Crippen LogP contribution is -2.37. The summed E-state index contributed by atoms with van der Waals surface area (Å²) in [7, 11) is 0. The van der Waals surface area contributed by atoms with Crippen LogP contribution < -0.4 is 5.32 Å². The zero-order valence-electron chi connectivity index (χ0n) is 13.2. The molecule has 0 aliphatic carbocycles. The second kappa shape index (κ2) is 7.76. The number of amides is 2. The van der Waals surface area contributed by atoms with Gasteiger partial charge >= 0.3 is 5.97 Å². The zero-order chi connectivity index (χ0) is 16.8. The molecule has 6 heteroatoms. The van der Waals surface area contributed by atoms with E-state index in [9.17, 15) is 14.4 Å². The minimum absolute atomic E-state index is 0.0308. The Labute approximate surface area is 135 Å². The molecule has 23 heavy (non-hydrogen) atoms. The molecule has 1 atom stereocenters. The van der Waals surface area contributed by atoms with Crippen LogP contribution in [0.1, 0.15) is 44.1 Å². The van der Waals surface area contributed by atoms with E-state index in [0.717, 1.165) is 19.3 Å². The first-order chi connectivity index (χ1) is 11.0. The lowest BCUT2D eigenvalue weighted by atomic mass is 10.0. The smallest absolute Gasteiger partial charge is 0.310 e. The zero-order valence-corrected chi connectivity index (χ0v) is 13.2. The van der Waals surface area contributed by atoms with Gasteiger partial charge < -0.3 is 15.3 Å². The third-order valence-electron chi connectivity index (χ3n) is 4.07. The first-order valence-electron chi connectivity index (χ1n) is 7.88. The highest BCUT2D eigenvalue weighted by molar-refractivity contribution is 5.94. The van der Waals surface area contributed by atoms with Gasteiger partial charge in [0.25, 0.3) is 0 Å². The number of likely N-dealkylation sites (tertiary alicyclic amines) is 1. The first-order valence-corrected chi connectivity index (χ1v) is 7.88. The lowest BCUT2D eigenvalue weighted by Gasteiger charge is -2.19. The number of carbonyl (C=O) groups is 3. The topological polar surface area (TPSA) is 86.7 Å². The van der Waals surface area contributed by atoms with Crippen molar-refractivity contribution in [1.82, 2.24) is 4.90 Å². The molecule has 1 unspecified atom stereocenters. The Morgan fingerprint density at radius 1 is 1.22 bits per heavy atom. The van der Waals surface area contributed by atoms with E-state index in [0.29, 0.717) is 24.2 Å². The van der Waals surface area contributed by atoms with E-state index in [1.54, 1.807) is 36.1 Å². The Bertz CT molecular complexity index is 583. The van der Waals surface area contributed by atoms with Gasteiger partial charge in [0.05, 0.1) is 12.5 Å². The quantitative estimate of drug-likeness (QED) is 0.871. The summed E-state index contributed by atoms with van der Waals surface area (Å²) in [4.78, 5) is 36.5. The number of carboxylic acid groups (broad SMARTS) is 1. The third kappa shape index (κ3) is 4.81. The van der Waals surface area contributed by atoms with E-state index < -0.39 is 11.9 Å². The van der Waals surface area contributed by atoms with Gasteiger partial charge in [-0.05, 0) is 37.5 Å². The summed E-state index contributed by atoms with van der Waals surface area (Å²) in [5.74, 6) is -1.68. The molecule has 1 aromatic carbocycles. The molecule has 0 aromatic heterocycles. The van der Waals surface area contributed by atoms with Gasteiger partial charge in [-0.25, -0.2) is 0 Å². The Kier molecular flexibility index (Phi) is 5.73. The highest BCUT2D eigenvalue weighted by Crippen LogP contribution is 2.18. The predicted octanol–water partition coefficient (Wildman–Crippen LogP) is 2.22. The molecule has 1 fully saturated rings. The average Bonchev–Trinajstić information content (AvgIpc) is 2.72. The molecule has 0 saturated carbocycles. The van der Waals surface area contributed by atoms with E-state index in [4.69, 9.17) is 5.11 Å². The molecule has 1 aliphatic heterocycles. The van der Waals surface area contributed by atoms with Crippen molar-refractivity contribution in [2.45, 2.75) is 38.5 Å². The summed E-state index contributed by atoms with van der Waals surface area (Å²) in [5, 5.41) is 11.7. The minimum Gasteiger partial charge on any atom is -0.481 e. The summed E-state index contributed by atoms with van der Waals surface area (Å²) in [6, 6.07) is 6.73. The summed E-state index contributed by atoms with van der Waals surface area (Å²) in [6.07, 6.45) is 3.35. The molecular formula is C17H22N2O4. The largest absolute Gasteiger partial charge is 0.481 e. The second-order valence-electron chi connectivity index (χ2n) is 5.86. The van der Waals surface area contributed by atoms with Gasteiger partial charge in [0, 0.05) is 18.7 Å². The maximum Gasteiger partial charge on any atom is 0.310 e. The van der Waals surface area contributed by atoms with Gasteiger partial charge in [-0.2, -0.15) is 0 Å². The van der Waals surface area contributed by atoms with Crippen LogP contribution in [-0.4, -0.2) is 40.9 Å². The normalized spacial score (nSPS) is 16.6. The van der Waals surface area contributed by atoms with Gasteiger partial charge in [0.1, 0.15) is 0 Å². The van der Waals surface area contributed by atoms with Crippen LogP contribution >= 0.6 is 0 Å². The average molecular weight is 318 g/mol. The molecule has 2 rings (SSSR count). The summed E-state index contributed by atoms with van der Waals surface area (Å²) < 4.78 is 0. The number of aliphatic carboxylic acids is 1. The second-order valence-corrected chi connectivity index (χ2v) is 5.86. The Morgan fingerprint density at radius 3 is 2.57 bits per heavy atom. The SMILES string of the molecule is CC(C(=O)O)c1ccc(NC(=O)CN2CCCCCC2=O)cc1. The van der Waals surface area contributed by atoms with Crippen molar-refractivity contribution in [1.29, 1.82) is 0 Å². The number of carbonyl (C=O) groups excluding carboxylic acids is 2. The van der Waals surface area contributed by atoms with Crippen LogP contribution in [0.2, 0.25) is 0 Å². The van der Waals surface area contributed by atoms with Crippen LogP contribution in [-0.2, 0) is 14.4 Å². The lowest BCUT2D eigenvalue weighted by molar-refractivity contribution is -0.138. The molecule has 1 aromatic rings. The summed E-state index contributed by atoms with van der Waals surface area (Å²) in [6.45, 7) is 2.30. The number of nitrogens with zero attached hydrogens (tertiary/aromatic N) is 1. The van der Waals surface area contributed by atoms with Gasteiger partial charge in [-0.15, -0.1) is 0 Å². The maximum atomic E-state index is 12.1. The monoisotopic (exact) mass is 318 g/mol. The van der Waals surface area contributed by atoms with E-state index in [-0.39, 0.29) is 18.4 Å². The molecule has 2 N–H and O–H groups in total. The van der Waals surface area contributed by atoms with Crippen molar-refractivity contribution in [3.05, 3.63) is 29.8 Å². The van der Waals surface area contributed by atoms with Gasteiger partial charge in [0.2, 0.25) is 11.8 Å². The molecule has 1 heterocycles. The van der Waals surface area contributed by atoms with Crippen LogP contribution in [0.5, 0.6) is 0 Å². The number of nitrogens with one attached hydrogen (secondary N) is 1. The standard InChI is InChI=1S/C17H22N2O4/c1-12(17(22)23)13-6-8-14(9-7-13)18-15(20)11-19-10-4-2-3-5-16(19)21/h6-9,12H,2-5,10-11H2,1H3,(H,18,20)(H,22,23). The molecule has 2 amide bonds. The number of hydrogen-bond acceptors (Lipinski definition) is 3. The Balaban J connectivity index is 1.92. The van der Waals surface area contributed by atoms with Crippen molar-refractivity contribution >= 4 is 23.5 Å². The highest BCUT2D eigenvalue weighted by atomic mass is 16.4. The van der Waals surface area contributed by atoms with Crippen LogP contribution in [0.15, 0.2) is 24.3 Å². The van der Waals surface area contributed by atoms with E-state index in [1.807, 2.05) is 0 Å². The Morgan fingerprint density at radius 2 is 1.91 bits per heavy atom. The van der Waals surface area contributed by atoms with Crippen molar-refractivity contribution < 1.29 is 19.5 Å².